The van der Waals surface area contributed by atoms with Gasteiger partial charge in [-0.2, -0.15) is 0 Å². The Bertz CT molecular complexity index is 1930. The Morgan fingerprint density at radius 3 is 2.69 bits per heavy atom. The number of methoxy groups -OCH3 is 1. The molecule has 0 aliphatic carbocycles. The van der Waals surface area contributed by atoms with Gasteiger partial charge in [0.05, 0.1) is 29.0 Å². The van der Waals surface area contributed by atoms with Crippen molar-refractivity contribution in [2.24, 2.45) is 4.99 Å². The summed E-state index contributed by atoms with van der Waals surface area (Å²) in [6.07, 6.45) is 3.09. The van der Waals surface area contributed by atoms with Crippen molar-refractivity contribution < 1.29 is 28.2 Å². The third-order valence-corrected chi connectivity index (χ3v) is 7.56. The molecule has 2 aromatic carbocycles. The van der Waals surface area contributed by atoms with E-state index < -0.39 is 18.0 Å². The highest BCUT2D eigenvalue weighted by Crippen LogP contribution is 2.36. The molecule has 1 unspecified atom stereocenters. The fourth-order valence-electron chi connectivity index (χ4n) is 4.56. The summed E-state index contributed by atoms with van der Waals surface area (Å²) in [5.41, 5.74) is 1.52. The lowest BCUT2D eigenvalue weighted by atomic mass is 9.95. The minimum atomic E-state index is -0.903. The van der Waals surface area contributed by atoms with E-state index in [-0.39, 0.29) is 29.2 Å². The van der Waals surface area contributed by atoms with Crippen molar-refractivity contribution in [2.75, 3.05) is 13.7 Å². The number of ether oxygens (including phenoxy) is 3. The maximum atomic E-state index is 13.9. The maximum absolute atomic E-state index is 13.9. The van der Waals surface area contributed by atoms with E-state index in [4.69, 9.17) is 30.2 Å². The quantitative estimate of drug-likeness (QED) is 0.161. The molecule has 0 fully saturated rings. The Morgan fingerprint density at radius 1 is 1.17 bits per heavy atom. The predicted octanol–water partition coefficient (Wildman–Crippen LogP) is 4.81. The first-order valence-corrected chi connectivity index (χ1v) is 13.9. The number of allylic oxidation sites excluding steroid dienone is 1. The van der Waals surface area contributed by atoms with Gasteiger partial charge >= 0.3 is 11.9 Å². The topological polar surface area (TPSA) is 109 Å². The minimum Gasteiger partial charge on any atom is -0.493 e. The van der Waals surface area contributed by atoms with Crippen LogP contribution in [0, 0.1) is 0 Å². The second-order valence-electron chi connectivity index (χ2n) is 9.19. The van der Waals surface area contributed by atoms with Gasteiger partial charge in [0.2, 0.25) is 0 Å². The molecule has 11 heteroatoms. The molecule has 5 rings (SSSR count). The highest BCUT2D eigenvalue weighted by molar-refractivity contribution is 7.07. The average Bonchev–Trinajstić information content (AvgIpc) is 3.55. The summed E-state index contributed by atoms with van der Waals surface area (Å²) in [5, 5.41) is 0.578. The van der Waals surface area contributed by atoms with Crippen molar-refractivity contribution in [3.8, 4) is 22.8 Å². The Kier molecular flexibility index (Phi) is 8.28. The molecule has 214 valence electrons. The van der Waals surface area contributed by atoms with E-state index in [9.17, 15) is 14.4 Å². The van der Waals surface area contributed by atoms with Crippen LogP contribution in [0.2, 0.25) is 5.02 Å². The first kappa shape index (κ1) is 28.8. The largest absolute Gasteiger partial charge is 0.493 e. The number of hydrogen-bond donors (Lipinski definition) is 0. The molecular weight excluding hydrogens is 580 g/mol. The molecular formula is C31H25ClN2O7S. The van der Waals surface area contributed by atoms with Crippen molar-refractivity contribution in [2.45, 2.75) is 19.9 Å². The fraction of sp³-hybridized carbons (Fsp3) is 0.161. The van der Waals surface area contributed by atoms with E-state index in [2.05, 4.69) is 11.6 Å². The standard InChI is InChI=1S/C31H25ClN2O7S/c1-5-13-39-30(37)27-17(2)33-31-34(28(27)20-9-11-24(40-18(3)35)25(15-20)38-4)29(36)26(42-31)16-22-10-12-23(41-22)19-7-6-8-21(32)14-19/h5-12,14-16,28H,1,13H2,2-4H3. The third kappa shape index (κ3) is 5.72. The molecule has 0 radical (unpaired) electrons. The van der Waals surface area contributed by atoms with Gasteiger partial charge in [-0.3, -0.25) is 14.2 Å². The first-order chi connectivity index (χ1) is 20.2. The van der Waals surface area contributed by atoms with Crippen LogP contribution in [0.4, 0.5) is 0 Å². The van der Waals surface area contributed by atoms with Gasteiger partial charge in [0.1, 0.15) is 18.1 Å². The lowest BCUT2D eigenvalue weighted by molar-refractivity contribution is -0.138. The average molecular weight is 605 g/mol. The number of fused-ring (bicyclic) bond motifs is 1. The molecule has 1 aliphatic heterocycles. The van der Waals surface area contributed by atoms with Crippen molar-refractivity contribution in [1.29, 1.82) is 0 Å². The summed E-state index contributed by atoms with van der Waals surface area (Å²) in [6.45, 7) is 6.54. The van der Waals surface area contributed by atoms with Crippen molar-refractivity contribution in [3.05, 3.63) is 115 Å². The SMILES string of the molecule is C=CCOC(=O)C1=C(C)N=c2sc(=Cc3ccc(-c4cccc(Cl)c4)o3)c(=O)n2C1c1ccc(OC(C)=O)c(OC)c1. The highest BCUT2D eigenvalue weighted by Gasteiger charge is 2.34. The molecule has 0 N–H and O–H groups in total. The van der Waals surface area contributed by atoms with Crippen LogP contribution in [0.1, 0.15) is 31.2 Å². The van der Waals surface area contributed by atoms with Crippen LogP contribution in [0.15, 0.2) is 92.7 Å². The molecule has 3 heterocycles. The number of furan rings is 1. The molecule has 0 spiro atoms. The smallest absolute Gasteiger partial charge is 0.338 e. The Labute approximate surface area is 249 Å². The number of esters is 2. The van der Waals surface area contributed by atoms with Gasteiger partial charge in [0.15, 0.2) is 16.3 Å². The second kappa shape index (κ2) is 12.1. The van der Waals surface area contributed by atoms with Gasteiger partial charge in [-0.05, 0) is 48.9 Å². The zero-order chi connectivity index (χ0) is 30.0. The van der Waals surface area contributed by atoms with Gasteiger partial charge in [0, 0.05) is 23.6 Å². The first-order valence-electron chi connectivity index (χ1n) is 12.7. The van der Waals surface area contributed by atoms with Crippen molar-refractivity contribution in [3.63, 3.8) is 0 Å². The Balaban J connectivity index is 1.65. The summed E-state index contributed by atoms with van der Waals surface area (Å²) in [5.74, 6) is 0.344. The van der Waals surface area contributed by atoms with Gasteiger partial charge < -0.3 is 18.6 Å². The van der Waals surface area contributed by atoms with Gasteiger partial charge in [-0.1, -0.05) is 53.8 Å². The number of halogens is 1. The fourth-order valence-corrected chi connectivity index (χ4v) is 5.78. The zero-order valence-electron chi connectivity index (χ0n) is 22.9. The summed E-state index contributed by atoms with van der Waals surface area (Å²) in [7, 11) is 1.43. The summed E-state index contributed by atoms with van der Waals surface area (Å²) < 4.78 is 23.9. The van der Waals surface area contributed by atoms with E-state index in [1.54, 1.807) is 55.5 Å². The van der Waals surface area contributed by atoms with Gasteiger partial charge in [-0.15, -0.1) is 0 Å². The lowest BCUT2D eigenvalue weighted by Gasteiger charge is -2.25. The van der Waals surface area contributed by atoms with Crippen LogP contribution in [0.25, 0.3) is 17.4 Å². The Morgan fingerprint density at radius 2 is 1.98 bits per heavy atom. The molecule has 0 bridgehead atoms. The molecule has 9 nitrogen and oxygen atoms in total. The third-order valence-electron chi connectivity index (χ3n) is 6.34. The van der Waals surface area contributed by atoms with E-state index >= 15 is 0 Å². The summed E-state index contributed by atoms with van der Waals surface area (Å²) in [4.78, 5) is 43.7. The van der Waals surface area contributed by atoms with E-state index in [1.165, 1.54) is 24.7 Å². The van der Waals surface area contributed by atoms with E-state index in [0.717, 1.165) is 16.9 Å². The van der Waals surface area contributed by atoms with Crippen LogP contribution < -0.4 is 24.4 Å². The predicted molar refractivity (Wildman–Crippen MR) is 158 cm³/mol. The minimum absolute atomic E-state index is 0.0189. The van der Waals surface area contributed by atoms with Crippen LogP contribution in [0.3, 0.4) is 0 Å². The summed E-state index contributed by atoms with van der Waals surface area (Å²) in [6, 6.07) is 14.7. The molecule has 4 aromatic rings. The number of carbonyl (C=O) groups excluding carboxylic acids is 2. The van der Waals surface area contributed by atoms with Gasteiger partial charge in [-0.25, -0.2) is 9.79 Å². The maximum Gasteiger partial charge on any atom is 0.338 e. The number of aromatic nitrogens is 1. The van der Waals surface area contributed by atoms with Crippen LogP contribution in [0.5, 0.6) is 11.5 Å². The molecule has 0 saturated carbocycles. The molecule has 0 amide bonds. The molecule has 1 aliphatic rings. The molecule has 2 aromatic heterocycles. The molecule has 0 saturated heterocycles. The second-order valence-corrected chi connectivity index (χ2v) is 10.6. The van der Waals surface area contributed by atoms with E-state index in [0.29, 0.717) is 37.1 Å². The number of nitrogens with zero attached hydrogens (tertiary/aromatic N) is 2. The lowest BCUT2D eigenvalue weighted by Crippen LogP contribution is -2.40. The Hall–Kier alpha value is -4.67. The van der Waals surface area contributed by atoms with Gasteiger partial charge in [0.25, 0.3) is 5.56 Å². The number of carbonyl (C=O) groups is 2. The number of thiazole rings is 1. The number of hydrogen-bond acceptors (Lipinski definition) is 9. The van der Waals surface area contributed by atoms with E-state index in [1.807, 2.05) is 12.1 Å². The summed E-state index contributed by atoms with van der Waals surface area (Å²) >= 11 is 7.29. The molecule has 42 heavy (non-hydrogen) atoms. The van der Waals surface area contributed by atoms with Crippen LogP contribution >= 0.6 is 22.9 Å². The zero-order valence-corrected chi connectivity index (χ0v) is 24.5. The number of rotatable bonds is 8. The molecule has 1 atom stereocenters. The van der Waals surface area contributed by atoms with Crippen molar-refractivity contribution in [1.82, 2.24) is 4.57 Å². The number of benzene rings is 2. The van der Waals surface area contributed by atoms with Crippen LogP contribution in [-0.4, -0.2) is 30.2 Å². The normalized spacial score (nSPS) is 14.7. The monoisotopic (exact) mass is 604 g/mol. The van der Waals surface area contributed by atoms with Crippen LogP contribution in [-0.2, 0) is 14.3 Å². The highest BCUT2D eigenvalue weighted by atomic mass is 35.5. The van der Waals surface area contributed by atoms with Crippen molar-refractivity contribution >= 4 is 41.0 Å².